The Bertz CT molecular complexity index is 1480. The van der Waals surface area contributed by atoms with Gasteiger partial charge in [-0.3, -0.25) is 4.79 Å². The van der Waals surface area contributed by atoms with Crippen LogP contribution < -0.4 is 20.1 Å². The average Bonchev–Trinajstić information content (AvgIpc) is 3.39. The molecule has 2 aromatic carbocycles. The van der Waals surface area contributed by atoms with Gasteiger partial charge in [-0.1, -0.05) is 37.0 Å². The zero-order chi connectivity index (χ0) is 28.1. The molecule has 0 fully saturated rings. The van der Waals surface area contributed by atoms with Crippen molar-refractivity contribution in [3.8, 4) is 11.5 Å². The van der Waals surface area contributed by atoms with Crippen LogP contribution in [0.1, 0.15) is 29.8 Å². The fourth-order valence-corrected chi connectivity index (χ4v) is 6.26. The minimum atomic E-state index is -0.398. The first-order valence-corrected chi connectivity index (χ1v) is 14.7. The summed E-state index contributed by atoms with van der Waals surface area (Å²) < 4.78 is 12.6. The highest BCUT2D eigenvalue weighted by atomic mass is 79.9. The van der Waals surface area contributed by atoms with Crippen LogP contribution in [0.3, 0.4) is 0 Å². The zero-order valence-electron chi connectivity index (χ0n) is 21.9. The van der Waals surface area contributed by atoms with E-state index in [1.54, 1.807) is 12.3 Å². The van der Waals surface area contributed by atoms with Crippen LogP contribution in [0.15, 0.2) is 40.4 Å². The van der Waals surface area contributed by atoms with Gasteiger partial charge in [-0.15, -0.1) is 11.3 Å². The van der Waals surface area contributed by atoms with E-state index in [1.165, 1.54) is 24.8 Å². The summed E-state index contributed by atoms with van der Waals surface area (Å²) in [5, 5.41) is 8.39. The number of methoxy groups -OCH3 is 1. The first-order valence-electron chi connectivity index (χ1n) is 12.3. The minimum absolute atomic E-state index is 0.199. The summed E-state index contributed by atoms with van der Waals surface area (Å²) in [6.07, 6.45) is 1.42. The number of nitrogens with one attached hydrogen (secondary N) is 2. The lowest BCUT2D eigenvalue weighted by Crippen LogP contribution is -2.27. The number of carbonyl (C=O) groups excluding carboxylic acids is 1. The zero-order valence-corrected chi connectivity index (χ0v) is 25.8. The topological polar surface area (TPSA) is 88.6 Å². The molecule has 206 valence electrons. The number of likely N-dealkylation sites (N-methyl/N-ethyl adjacent to an activating group) is 1. The molecular formula is C27H28BrCl2N5O3S. The molecule has 2 N–H and O–H groups in total. The lowest BCUT2D eigenvalue weighted by Gasteiger charge is -2.18. The number of amides is 1. The smallest absolute Gasteiger partial charge is 0.258 e. The number of hydrogen-bond acceptors (Lipinski definition) is 8. The predicted octanol–water partition coefficient (Wildman–Crippen LogP) is 7.79. The van der Waals surface area contributed by atoms with E-state index in [2.05, 4.69) is 55.3 Å². The van der Waals surface area contributed by atoms with Crippen LogP contribution in [-0.2, 0) is 0 Å². The maximum absolute atomic E-state index is 13.3. The van der Waals surface area contributed by atoms with Gasteiger partial charge in [0.2, 0.25) is 0 Å². The molecule has 0 unspecified atom stereocenters. The molecule has 0 atom stereocenters. The molecule has 39 heavy (non-hydrogen) atoms. The summed E-state index contributed by atoms with van der Waals surface area (Å²) >= 11 is 17.8. The molecule has 0 aliphatic heterocycles. The lowest BCUT2D eigenvalue weighted by atomic mass is 10.2. The number of ether oxygens (including phenoxy) is 2. The Hall–Kier alpha value is -2.63. The van der Waals surface area contributed by atoms with Crippen LogP contribution in [0.5, 0.6) is 11.5 Å². The van der Waals surface area contributed by atoms with Gasteiger partial charge >= 0.3 is 0 Å². The first kappa shape index (κ1) is 29.4. The van der Waals surface area contributed by atoms with Crippen molar-refractivity contribution < 1.29 is 14.3 Å². The summed E-state index contributed by atoms with van der Waals surface area (Å²) in [4.78, 5) is 24.4. The molecule has 12 heteroatoms. The van der Waals surface area contributed by atoms with E-state index in [1.807, 2.05) is 24.3 Å². The van der Waals surface area contributed by atoms with Gasteiger partial charge in [0.25, 0.3) is 5.91 Å². The molecule has 8 nitrogen and oxygen atoms in total. The highest BCUT2D eigenvalue weighted by molar-refractivity contribution is 9.10. The second kappa shape index (κ2) is 13.1. The van der Waals surface area contributed by atoms with Crippen molar-refractivity contribution in [2.45, 2.75) is 20.8 Å². The van der Waals surface area contributed by atoms with E-state index in [0.29, 0.717) is 44.3 Å². The quantitative estimate of drug-likeness (QED) is 0.171. The number of fused-ring (bicyclic) bond motifs is 1. The molecule has 0 bridgehead atoms. The Balaban J connectivity index is 1.51. The third-order valence-electron chi connectivity index (χ3n) is 6.22. The summed E-state index contributed by atoms with van der Waals surface area (Å²) in [5.74, 6) is 1.38. The fraction of sp³-hybridized carbons (Fsp3) is 0.296. The van der Waals surface area contributed by atoms with Crippen molar-refractivity contribution in [3.05, 3.63) is 61.6 Å². The van der Waals surface area contributed by atoms with E-state index in [-0.39, 0.29) is 10.7 Å². The second-order valence-corrected chi connectivity index (χ2v) is 10.9. The summed E-state index contributed by atoms with van der Waals surface area (Å²) in [7, 11) is 1.50. The van der Waals surface area contributed by atoms with E-state index in [4.69, 9.17) is 32.7 Å². The first-order chi connectivity index (χ1) is 18.8. The highest BCUT2D eigenvalue weighted by Crippen LogP contribution is 2.46. The summed E-state index contributed by atoms with van der Waals surface area (Å²) in [6.45, 7) is 9.60. The van der Waals surface area contributed by atoms with Crippen LogP contribution in [0.25, 0.3) is 10.2 Å². The average molecular weight is 653 g/mol. The molecule has 0 aliphatic rings. The molecule has 4 rings (SSSR count). The van der Waals surface area contributed by atoms with E-state index in [0.717, 1.165) is 35.8 Å². The molecule has 0 saturated heterocycles. The Kier molecular flexibility index (Phi) is 9.90. The minimum Gasteiger partial charge on any atom is -0.494 e. The summed E-state index contributed by atoms with van der Waals surface area (Å²) in [5.41, 5.74) is 2.69. The fourth-order valence-electron chi connectivity index (χ4n) is 3.93. The van der Waals surface area contributed by atoms with Crippen LogP contribution >= 0.6 is 50.5 Å². The number of nitrogens with zero attached hydrogens (tertiary/aromatic N) is 3. The van der Waals surface area contributed by atoms with Crippen molar-refractivity contribution in [2.75, 3.05) is 44.0 Å². The third-order valence-corrected chi connectivity index (χ3v) is 8.99. The Morgan fingerprint density at radius 3 is 2.51 bits per heavy atom. The molecule has 0 saturated carbocycles. The Morgan fingerprint density at radius 2 is 1.85 bits per heavy atom. The maximum Gasteiger partial charge on any atom is 0.258 e. The molecule has 4 aromatic rings. The number of carbonyl (C=O) groups is 1. The van der Waals surface area contributed by atoms with Crippen molar-refractivity contribution in [1.29, 1.82) is 0 Å². The van der Waals surface area contributed by atoms with Gasteiger partial charge in [0.15, 0.2) is 11.6 Å². The molecule has 2 heterocycles. The van der Waals surface area contributed by atoms with Gasteiger partial charge in [-0.25, -0.2) is 9.97 Å². The number of benzene rings is 2. The van der Waals surface area contributed by atoms with Crippen molar-refractivity contribution in [2.24, 2.45) is 0 Å². The SMILES string of the molecule is CCN(CC)CCOc1ccc(Nc2ncnc3c(C(=O)Nc4c(Cl)c(C)c(Br)c(OC)c4Cl)csc23)cc1. The number of anilines is 3. The molecule has 0 aliphatic carbocycles. The van der Waals surface area contributed by atoms with Gasteiger partial charge in [0, 0.05) is 17.6 Å². The van der Waals surface area contributed by atoms with Crippen molar-refractivity contribution >= 4 is 83.8 Å². The van der Waals surface area contributed by atoms with Crippen LogP contribution in [-0.4, -0.2) is 54.1 Å². The molecule has 0 radical (unpaired) electrons. The standard InChI is InChI=1S/C27H28BrCl2N5O3S/c1-5-35(6-2)11-12-38-17-9-7-16(8-10-17)33-26-25-22(31-14-32-26)18(13-39-25)27(36)34-23-20(29)15(3)19(28)24(37-4)21(23)30/h7-10,13-14H,5-6,11-12H2,1-4H3,(H,34,36)(H,31,32,33). The number of aromatic nitrogens is 2. The molecule has 2 aromatic heterocycles. The van der Waals surface area contributed by atoms with Gasteiger partial charge in [0.1, 0.15) is 23.7 Å². The molecular weight excluding hydrogens is 625 g/mol. The van der Waals surface area contributed by atoms with E-state index < -0.39 is 5.91 Å². The van der Waals surface area contributed by atoms with E-state index >= 15 is 0 Å². The third kappa shape index (κ3) is 6.41. The van der Waals surface area contributed by atoms with Crippen LogP contribution in [0.2, 0.25) is 10.0 Å². The number of hydrogen-bond donors (Lipinski definition) is 2. The van der Waals surface area contributed by atoms with Crippen molar-refractivity contribution in [1.82, 2.24) is 14.9 Å². The van der Waals surface area contributed by atoms with Gasteiger partial charge in [0.05, 0.1) is 38.1 Å². The van der Waals surface area contributed by atoms with Crippen LogP contribution in [0, 0.1) is 6.92 Å². The second-order valence-electron chi connectivity index (χ2n) is 8.50. The molecule has 0 spiro atoms. The monoisotopic (exact) mass is 651 g/mol. The van der Waals surface area contributed by atoms with Gasteiger partial charge in [-0.2, -0.15) is 0 Å². The normalized spacial score (nSPS) is 11.2. The summed E-state index contributed by atoms with van der Waals surface area (Å²) in [6, 6.07) is 7.68. The van der Waals surface area contributed by atoms with Gasteiger partial charge in [-0.05, 0) is 65.8 Å². The Labute approximate surface area is 249 Å². The largest absolute Gasteiger partial charge is 0.494 e. The number of rotatable bonds is 11. The maximum atomic E-state index is 13.3. The van der Waals surface area contributed by atoms with E-state index in [9.17, 15) is 4.79 Å². The predicted molar refractivity (Wildman–Crippen MR) is 164 cm³/mol. The lowest BCUT2D eigenvalue weighted by molar-refractivity contribution is 0.102. The number of thiophene rings is 1. The molecule has 1 amide bonds. The number of halogens is 3. The Morgan fingerprint density at radius 1 is 1.13 bits per heavy atom. The highest BCUT2D eigenvalue weighted by Gasteiger charge is 2.23. The van der Waals surface area contributed by atoms with Crippen molar-refractivity contribution in [3.63, 3.8) is 0 Å². The van der Waals surface area contributed by atoms with Gasteiger partial charge < -0.3 is 25.0 Å². The van der Waals surface area contributed by atoms with Crippen LogP contribution in [0.4, 0.5) is 17.2 Å².